The lowest BCUT2D eigenvalue weighted by atomic mass is 9.96. The molecule has 0 radical (unpaired) electrons. The van der Waals surface area contributed by atoms with Gasteiger partial charge in [0.15, 0.2) is 0 Å². The standard InChI is InChI=1S/C23H28FN3O4/c1-14(2)21-26-19(22(29)27(21)13-16-8-10-17(24)11-9-16)20(28)18(25-23(30)31)12-15-6-4-3-5-7-15/h3-11,14,18-21,25-26,28H,12-13H2,1-2H3,(H,30,31)/t18-,19+,20-,21?/m1/s1. The van der Waals surface area contributed by atoms with Gasteiger partial charge in [-0.2, -0.15) is 0 Å². The van der Waals surface area contributed by atoms with Crippen LogP contribution in [0.15, 0.2) is 54.6 Å². The molecule has 2 aromatic rings. The molecule has 4 N–H and O–H groups in total. The molecule has 1 unspecified atom stereocenters. The number of aliphatic hydroxyl groups excluding tert-OH is 1. The first-order chi connectivity index (χ1) is 14.8. The van der Waals surface area contributed by atoms with Crippen LogP contribution in [0.3, 0.4) is 0 Å². The van der Waals surface area contributed by atoms with E-state index in [1.807, 2.05) is 44.2 Å². The zero-order chi connectivity index (χ0) is 22.5. The molecular formula is C23H28FN3O4. The van der Waals surface area contributed by atoms with Crippen molar-refractivity contribution in [3.8, 4) is 0 Å². The minimum atomic E-state index is -1.27. The Morgan fingerprint density at radius 1 is 1.13 bits per heavy atom. The van der Waals surface area contributed by atoms with Crippen LogP contribution in [-0.2, 0) is 17.8 Å². The quantitative estimate of drug-likeness (QED) is 0.516. The number of amides is 2. The summed E-state index contributed by atoms with van der Waals surface area (Å²) in [5.74, 6) is -0.630. The SMILES string of the molecule is CC(C)C1N[C@@H]([C@H](O)[C@@H](Cc2ccccc2)NC(=O)O)C(=O)N1Cc1ccc(F)cc1. The first-order valence-electron chi connectivity index (χ1n) is 10.3. The van der Waals surface area contributed by atoms with Crippen molar-refractivity contribution in [1.29, 1.82) is 0 Å². The van der Waals surface area contributed by atoms with Crippen LogP contribution in [-0.4, -0.2) is 51.5 Å². The van der Waals surface area contributed by atoms with Gasteiger partial charge in [0.05, 0.1) is 18.3 Å². The molecule has 0 bridgehead atoms. The molecule has 1 aliphatic heterocycles. The predicted molar refractivity (Wildman–Crippen MR) is 114 cm³/mol. The molecule has 7 nitrogen and oxygen atoms in total. The Morgan fingerprint density at radius 3 is 2.35 bits per heavy atom. The summed E-state index contributed by atoms with van der Waals surface area (Å²) in [6.45, 7) is 4.16. The van der Waals surface area contributed by atoms with Crippen molar-refractivity contribution in [3.63, 3.8) is 0 Å². The van der Waals surface area contributed by atoms with Gasteiger partial charge in [-0.25, -0.2) is 9.18 Å². The molecule has 0 aliphatic carbocycles. The van der Waals surface area contributed by atoms with E-state index in [1.54, 1.807) is 17.0 Å². The summed E-state index contributed by atoms with van der Waals surface area (Å²) in [5.41, 5.74) is 1.61. The molecule has 8 heteroatoms. The van der Waals surface area contributed by atoms with E-state index >= 15 is 0 Å². The number of nitrogens with one attached hydrogen (secondary N) is 2. The Kier molecular flexibility index (Phi) is 7.25. The van der Waals surface area contributed by atoms with Gasteiger partial charge in [-0.15, -0.1) is 0 Å². The molecule has 2 aromatic carbocycles. The molecule has 1 saturated heterocycles. The van der Waals surface area contributed by atoms with Crippen molar-refractivity contribution in [2.45, 2.75) is 51.2 Å². The number of nitrogens with zero attached hydrogens (tertiary/aromatic N) is 1. The summed E-state index contributed by atoms with van der Waals surface area (Å²) < 4.78 is 13.2. The minimum absolute atomic E-state index is 0.0432. The van der Waals surface area contributed by atoms with E-state index in [0.29, 0.717) is 0 Å². The van der Waals surface area contributed by atoms with Crippen LogP contribution in [0.25, 0.3) is 0 Å². The maximum absolute atomic E-state index is 13.2. The highest BCUT2D eigenvalue weighted by atomic mass is 19.1. The average molecular weight is 429 g/mol. The lowest BCUT2D eigenvalue weighted by molar-refractivity contribution is -0.133. The molecule has 1 heterocycles. The highest BCUT2D eigenvalue weighted by Gasteiger charge is 2.45. The smallest absolute Gasteiger partial charge is 0.404 e. The van der Waals surface area contributed by atoms with Gasteiger partial charge in [0.25, 0.3) is 0 Å². The maximum atomic E-state index is 13.2. The highest BCUT2D eigenvalue weighted by molar-refractivity contribution is 5.85. The number of halogens is 1. The van der Waals surface area contributed by atoms with Crippen LogP contribution in [0.5, 0.6) is 0 Å². The van der Waals surface area contributed by atoms with E-state index in [0.717, 1.165) is 11.1 Å². The molecule has 2 amide bonds. The van der Waals surface area contributed by atoms with Crippen LogP contribution in [0, 0.1) is 11.7 Å². The largest absolute Gasteiger partial charge is 0.465 e. The van der Waals surface area contributed by atoms with Crippen LogP contribution in [0.4, 0.5) is 9.18 Å². The number of rotatable bonds is 8. The van der Waals surface area contributed by atoms with Gasteiger partial charge in [-0.3, -0.25) is 10.1 Å². The van der Waals surface area contributed by atoms with Gasteiger partial charge >= 0.3 is 6.09 Å². The van der Waals surface area contributed by atoms with Gasteiger partial charge in [0, 0.05) is 6.54 Å². The Bertz CT molecular complexity index is 891. The summed E-state index contributed by atoms with van der Waals surface area (Å²) in [4.78, 5) is 26.2. The van der Waals surface area contributed by atoms with E-state index in [9.17, 15) is 24.2 Å². The molecule has 0 spiro atoms. The van der Waals surface area contributed by atoms with Gasteiger partial charge < -0.3 is 20.4 Å². The number of hydrogen-bond donors (Lipinski definition) is 4. The molecule has 1 aliphatic rings. The van der Waals surface area contributed by atoms with Gasteiger partial charge in [0.1, 0.15) is 11.9 Å². The molecule has 31 heavy (non-hydrogen) atoms. The molecule has 3 rings (SSSR count). The zero-order valence-electron chi connectivity index (χ0n) is 17.5. The van der Waals surface area contributed by atoms with E-state index < -0.39 is 24.3 Å². The third-order valence-corrected chi connectivity index (χ3v) is 5.49. The van der Waals surface area contributed by atoms with Crippen molar-refractivity contribution in [3.05, 3.63) is 71.5 Å². The Hall–Kier alpha value is -2.97. The van der Waals surface area contributed by atoms with E-state index in [2.05, 4.69) is 10.6 Å². The molecule has 4 atom stereocenters. The molecular weight excluding hydrogens is 401 g/mol. The summed E-state index contributed by atoms with van der Waals surface area (Å²) in [7, 11) is 0. The fourth-order valence-electron chi connectivity index (χ4n) is 3.94. The average Bonchev–Trinajstić information content (AvgIpc) is 3.05. The second kappa shape index (κ2) is 9.89. The summed E-state index contributed by atoms with van der Waals surface area (Å²) >= 11 is 0. The number of carboxylic acid groups (broad SMARTS) is 1. The lowest BCUT2D eigenvalue weighted by Crippen LogP contribution is -2.55. The van der Waals surface area contributed by atoms with Crippen LogP contribution >= 0.6 is 0 Å². The second-order valence-electron chi connectivity index (χ2n) is 8.16. The second-order valence-corrected chi connectivity index (χ2v) is 8.16. The minimum Gasteiger partial charge on any atom is -0.465 e. The predicted octanol–water partition coefficient (Wildman–Crippen LogP) is 2.35. The van der Waals surface area contributed by atoms with Crippen molar-refractivity contribution >= 4 is 12.0 Å². The lowest BCUT2D eigenvalue weighted by Gasteiger charge is -2.27. The third kappa shape index (κ3) is 5.59. The fourth-order valence-corrected chi connectivity index (χ4v) is 3.94. The van der Waals surface area contributed by atoms with Gasteiger partial charge in [0.2, 0.25) is 5.91 Å². The Labute approximate surface area is 180 Å². The van der Waals surface area contributed by atoms with Crippen molar-refractivity contribution < 1.29 is 24.2 Å². The number of carbonyl (C=O) groups excluding carboxylic acids is 1. The topological polar surface area (TPSA) is 102 Å². The van der Waals surface area contributed by atoms with Gasteiger partial charge in [-0.1, -0.05) is 56.3 Å². The van der Waals surface area contributed by atoms with Gasteiger partial charge in [-0.05, 0) is 35.6 Å². The maximum Gasteiger partial charge on any atom is 0.404 e. The van der Waals surface area contributed by atoms with Crippen molar-refractivity contribution in [2.75, 3.05) is 0 Å². The molecule has 0 saturated carbocycles. The van der Waals surface area contributed by atoms with E-state index in [-0.39, 0.29) is 36.8 Å². The van der Waals surface area contributed by atoms with Crippen LogP contribution in [0.2, 0.25) is 0 Å². The fraction of sp³-hybridized carbons (Fsp3) is 0.391. The van der Waals surface area contributed by atoms with Crippen LogP contribution < -0.4 is 10.6 Å². The van der Waals surface area contributed by atoms with Crippen molar-refractivity contribution in [2.24, 2.45) is 5.92 Å². The first-order valence-corrected chi connectivity index (χ1v) is 10.3. The number of benzene rings is 2. The number of carbonyl (C=O) groups is 2. The van der Waals surface area contributed by atoms with Crippen molar-refractivity contribution in [1.82, 2.24) is 15.5 Å². The summed E-state index contributed by atoms with van der Waals surface area (Å²) in [6.07, 6.45) is -2.65. The van der Waals surface area contributed by atoms with E-state index in [4.69, 9.17) is 0 Å². The monoisotopic (exact) mass is 429 g/mol. The molecule has 1 fully saturated rings. The Balaban J connectivity index is 1.80. The van der Waals surface area contributed by atoms with E-state index in [1.165, 1.54) is 12.1 Å². The van der Waals surface area contributed by atoms with Crippen LogP contribution in [0.1, 0.15) is 25.0 Å². The molecule has 0 aromatic heterocycles. The normalized spacial score (nSPS) is 20.7. The Morgan fingerprint density at radius 2 is 1.77 bits per heavy atom. The highest BCUT2D eigenvalue weighted by Crippen LogP contribution is 2.24. The third-order valence-electron chi connectivity index (χ3n) is 5.49. The summed E-state index contributed by atoms with van der Waals surface area (Å²) in [5, 5.41) is 25.8. The zero-order valence-corrected chi connectivity index (χ0v) is 17.5. The summed E-state index contributed by atoms with van der Waals surface area (Å²) in [6, 6.07) is 13.3. The first kappa shape index (κ1) is 22.7. The molecule has 166 valence electrons. The number of hydrogen-bond acceptors (Lipinski definition) is 4. The number of aliphatic hydroxyl groups is 1.